The molecule has 0 heterocycles. The minimum atomic E-state index is 0.278. The van der Waals surface area contributed by atoms with E-state index in [0.29, 0.717) is 5.41 Å². The van der Waals surface area contributed by atoms with Crippen LogP contribution >= 0.6 is 0 Å². The van der Waals surface area contributed by atoms with Crippen LogP contribution in [-0.2, 0) is 19.3 Å². The SMILES string of the molecule is CC(C)(C)Cc1ccc(-c2cccc3c2Cc2ccccc2-3)cc1CC(C)(C)C. The van der Waals surface area contributed by atoms with Crippen molar-refractivity contribution in [1.82, 2.24) is 0 Å². The molecule has 0 spiro atoms. The molecule has 0 saturated heterocycles. The average molecular weight is 383 g/mol. The summed E-state index contributed by atoms with van der Waals surface area (Å²) in [6.45, 7) is 14.0. The van der Waals surface area contributed by atoms with Crippen LogP contribution in [0.15, 0.2) is 60.7 Å². The lowest BCUT2D eigenvalue weighted by Crippen LogP contribution is -2.15. The van der Waals surface area contributed by atoms with E-state index < -0.39 is 0 Å². The molecular weight excluding hydrogens is 348 g/mol. The first-order valence-electron chi connectivity index (χ1n) is 10.9. The van der Waals surface area contributed by atoms with Crippen molar-refractivity contribution < 1.29 is 0 Å². The zero-order valence-electron chi connectivity index (χ0n) is 18.9. The van der Waals surface area contributed by atoms with Crippen molar-refractivity contribution in [3.8, 4) is 22.3 Å². The molecule has 0 N–H and O–H groups in total. The number of rotatable bonds is 3. The van der Waals surface area contributed by atoms with Crippen molar-refractivity contribution in [3.63, 3.8) is 0 Å². The fourth-order valence-corrected chi connectivity index (χ4v) is 4.70. The maximum atomic E-state index is 2.48. The van der Waals surface area contributed by atoms with Gasteiger partial charge in [-0.3, -0.25) is 0 Å². The lowest BCUT2D eigenvalue weighted by Gasteiger charge is -2.25. The molecule has 0 unspecified atom stereocenters. The van der Waals surface area contributed by atoms with Crippen LogP contribution in [0.5, 0.6) is 0 Å². The normalized spacial score (nSPS) is 13.3. The summed E-state index contributed by atoms with van der Waals surface area (Å²) < 4.78 is 0. The second-order valence-electron chi connectivity index (χ2n) is 11.1. The summed E-state index contributed by atoms with van der Waals surface area (Å²) in [6.07, 6.45) is 3.28. The third-order valence-electron chi connectivity index (χ3n) is 5.81. The van der Waals surface area contributed by atoms with Gasteiger partial charge in [0.1, 0.15) is 0 Å². The predicted octanol–water partition coefficient (Wildman–Crippen LogP) is 8.10. The number of hydrogen-bond donors (Lipinski definition) is 0. The highest BCUT2D eigenvalue weighted by atomic mass is 14.3. The van der Waals surface area contributed by atoms with Crippen LogP contribution < -0.4 is 0 Å². The molecule has 150 valence electrons. The zero-order valence-corrected chi connectivity index (χ0v) is 18.9. The van der Waals surface area contributed by atoms with E-state index in [0.717, 1.165) is 19.3 Å². The summed E-state index contributed by atoms with van der Waals surface area (Å²) in [6, 6.07) is 22.9. The molecule has 3 aromatic rings. The molecule has 0 aliphatic heterocycles. The molecule has 0 radical (unpaired) electrons. The molecular formula is C29H34. The quantitative estimate of drug-likeness (QED) is 0.336. The van der Waals surface area contributed by atoms with E-state index in [1.807, 2.05) is 0 Å². The lowest BCUT2D eigenvalue weighted by atomic mass is 9.80. The smallest absolute Gasteiger partial charge is 0.000729 e. The van der Waals surface area contributed by atoms with E-state index in [9.17, 15) is 0 Å². The lowest BCUT2D eigenvalue weighted by molar-refractivity contribution is 0.392. The van der Waals surface area contributed by atoms with Crippen LogP contribution in [0.1, 0.15) is 63.8 Å². The first kappa shape index (κ1) is 20.0. The first-order valence-corrected chi connectivity index (χ1v) is 10.9. The Balaban J connectivity index is 1.80. The molecule has 1 aliphatic rings. The van der Waals surface area contributed by atoms with Crippen LogP contribution in [0.2, 0.25) is 0 Å². The van der Waals surface area contributed by atoms with Crippen molar-refractivity contribution in [2.24, 2.45) is 10.8 Å². The highest BCUT2D eigenvalue weighted by Crippen LogP contribution is 2.42. The number of fused-ring (bicyclic) bond motifs is 3. The van der Waals surface area contributed by atoms with E-state index in [4.69, 9.17) is 0 Å². The van der Waals surface area contributed by atoms with Gasteiger partial charge in [0.05, 0.1) is 0 Å². The molecule has 0 fully saturated rings. The van der Waals surface area contributed by atoms with Gasteiger partial charge in [0.15, 0.2) is 0 Å². The van der Waals surface area contributed by atoms with Gasteiger partial charge in [-0.15, -0.1) is 0 Å². The summed E-state index contributed by atoms with van der Waals surface area (Å²) in [5, 5.41) is 0. The van der Waals surface area contributed by atoms with Gasteiger partial charge in [0.2, 0.25) is 0 Å². The van der Waals surface area contributed by atoms with Gasteiger partial charge in [-0.1, -0.05) is 102 Å². The van der Waals surface area contributed by atoms with Gasteiger partial charge < -0.3 is 0 Å². The standard InChI is InChI=1S/C29H34/c1-28(2,3)18-22-15-14-21(16-23(22)19-29(4,5)6)25-12-9-13-26-24-11-8-7-10-20(24)17-27(25)26/h7-16H,17-19H2,1-6H3. The molecule has 0 amide bonds. The summed E-state index contributed by atoms with van der Waals surface area (Å²) in [4.78, 5) is 0. The Bertz CT molecular complexity index is 1040. The topological polar surface area (TPSA) is 0 Å². The van der Waals surface area contributed by atoms with Gasteiger partial charge in [-0.25, -0.2) is 0 Å². The van der Waals surface area contributed by atoms with Gasteiger partial charge >= 0.3 is 0 Å². The van der Waals surface area contributed by atoms with Crippen LogP contribution in [0.4, 0.5) is 0 Å². The molecule has 1 aliphatic carbocycles. The Morgan fingerprint density at radius 2 is 1.24 bits per heavy atom. The van der Waals surface area contributed by atoms with Gasteiger partial charge in [0, 0.05) is 0 Å². The maximum absolute atomic E-state index is 2.48. The minimum absolute atomic E-state index is 0.278. The number of hydrogen-bond acceptors (Lipinski definition) is 0. The van der Waals surface area contributed by atoms with E-state index in [2.05, 4.69) is 102 Å². The van der Waals surface area contributed by atoms with E-state index in [-0.39, 0.29) is 5.41 Å². The molecule has 0 atom stereocenters. The summed E-state index contributed by atoms with van der Waals surface area (Å²) in [7, 11) is 0. The Kier molecular flexibility index (Phi) is 4.93. The van der Waals surface area contributed by atoms with Crippen molar-refractivity contribution in [2.75, 3.05) is 0 Å². The fraction of sp³-hybridized carbons (Fsp3) is 0.379. The predicted molar refractivity (Wildman–Crippen MR) is 126 cm³/mol. The Hall–Kier alpha value is -2.34. The maximum Gasteiger partial charge on any atom is -0.000729 e. The van der Waals surface area contributed by atoms with Gasteiger partial charge in [-0.2, -0.15) is 0 Å². The molecule has 0 aromatic heterocycles. The Morgan fingerprint density at radius 3 is 1.97 bits per heavy atom. The van der Waals surface area contributed by atoms with E-state index >= 15 is 0 Å². The summed E-state index contributed by atoms with van der Waals surface area (Å²) in [5.74, 6) is 0. The molecule has 0 saturated carbocycles. The van der Waals surface area contributed by atoms with Gasteiger partial charge in [0.25, 0.3) is 0 Å². The van der Waals surface area contributed by atoms with Crippen molar-refractivity contribution in [2.45, 2.75) is 60.8 Å². The third kappa shape index (κ3) is 4.32. The summed E-state index contributed by atoms with van der Waals surface area (Å²) in [5.41, 5.74) is 12.1. The molecule has 0 nitrogen and oxygen atoms in total. The average Bonchev–Trinajstić information content (AvgIpc) is 2.99. The van der Waals surface area contributed by atoms with Crippen LogP contribution in [0.3, 0.4) is 0 Å². The second kappa shape index (κ2) is 7.17. The Labute approximate surface area is 177 Å². The molecule has 0 bridgehead atoms. The van der Waals surface area contributed by atoms with Gasteiger partial charge in [-0.05, 0) is 74.6 Å². The van der Waals surface area contributed by atoms with Crippen LogP contribution in [-0.4, -0.2) is 0 Å². The third-order valence-corrected chi connectivity index (χ3v) is 5.81. The van der Waals surface area contributed by atoms with Crippen LogP contribution in [0, 0.1) is 10.8 Å². The Morgan fingerprint density at radius 1 is 0.621 bits per heavy atom. The first-order chi connectivity index (χ1) is 13.6. The summed E-state index contributed by atoms with van der Waals surface area (Å²) >= 11 is 0. The molecule has 0 heteroatoms. The molecule has 4 rings (SSSR count). The fourth-order valence-electron chi connectivity index (χ4n) is 4.70. The number of benzene rings is 3. The van der Waals surface area contributed by atoms with Crippen molar-refractivity contribution in [3.05, 3.63) is 82.9 Å². The van der Waals surface area contributed by atoms with E-state index in [1.165, 1.54) is 44.5 Å². The molecule has 3 aromatic carbocycles. The monoisotopic (exact) mass is 382 g/mol. The van der Waals surface area contributed by atoms with Crippen molar-refractivity contribution >= 4 is 0 Å². The van der Waals surface area contributed by atoms with E-state index in [1.54, 1.807) is 0 Å². The highest BCUT2D eigenvalue weighted by molar-refractivity contribution is 5.84. The molecule has 29 heavy (non-hydrogen) atoms. The zero-order chi connectivity index (χ0) is 20.8. The highest BCUT2D eigenvalue weighted by Gasteiger charge is 2.23. The van der Waals surface area contributed by atoms with Crippen LogP contribution in [0.25, 0.3) is 22.3 Å². The van der Waals surface area contributed by atoms with Crippen molar-refractivity contribution in [1.29, 1.82) is 0 Å². The largest absolute Gasteiger partial charge is 0.0619 e. The second-order valence-corrected chi connectivity index (χ2v) is 11.1. The minimum Gasteiger partial charge on any atom is -0.0619 e.